The minimum atomic E-state index is -4.91. The normalized spacial score (nSPS) is 15.0. The van der Waals surface area contributed by atoms with Crippen molar-refractivity contribution in [3.8, 4) is 0 Å². The summed E-state index contributed by atoms with van der Waals surface area (Å²) in [5.41, 5.74) is 0.421. The molecule has 0 aliphatic heterocycles. The zero-order chi connectivity index (χ0) is 14.0. The highest BCUT2D eigenvalue weighted by Gasteiger charge is 2.43. The van der Waals surface area contributed by atoms with Gasteiger partial charge in [0.15, 0.2) is 5.40 Å². The Morgan fingerprint density at radius 3 is 2.06 bits per heavy atom. The summed E-state index contributed by atoms with van der Waals surface area (Å²) in [5.74, 6) is 0. The Kier molecular flexibility index (Phi) is 4.91. The predicted octanol–water partition coefficient (Wildman–Crippen LogP) is 0.510. The molecule has 0 aromatic carbocycles. The molecule has 1 atom stereocenters. The molecule has 1 unspecified atom stereocenters. The standard InChI is InChI=1S/C8H15NO7P2/c10-7(6-2-1-5-9-6)3-4-8(17(11,12)13)18(14,15)16/h1-2,5,7-10H,3-4H2,(H2,11,12,13)(H2,14,15,16). The Hall–Kier alpha value is -0.460. The van der Waals surface area contributed by atoms with Crippen LogP contribution in [0.1, 0.15) is 24.6 Å². The molecule has 0 aliphatic carbocycles. The highest BCUT2D eigenvalue weighted by molar-refractivity contribution is 7.70. The SMILES string of the molecule is O=P(O)(O)C(CCC(O)c1ccc[nH]1)P(=O)(O)O. The molecular weight excluding hydrogens is 284 g/mol. The third-order valence-electron chi connectivity index (χ3n) is 2.46. The van der Waals surface area contributed by atoms with Crippen LogP contribution in [-0.2, 0) is 9.13 Å². The van der Waals surface area contributed by atoms with E-state index in [1.807, 2.05) is 0 Å². The van der Waals surface area contributed by atoms with Gasteiger partial charge in [-0.2, -0.15) is 0 Å². The summed E-state index contributed by atoms with van der Waals surface area (Å²) in [7, 11) is -9.83. The molecule has 0 fully saturated rings. The summed E-state index contributed by atoms with van der Waals surface area (Å²) in [6.07, 6.45) is -0.140. The summed E-state index contributed by atoms with van der Waals surface area (Å²) in [6, 6.07) is 3.19. The van der Waals surface area contributed by atoms with E-state index in [1.54, 1.807) is 18.3 Å². The maximum atomic E-state index is 11.0. The first-order valence-electron chi connectivity index (χ1n) is 5.04. The molecule has 18 heavy (non-hydrogen) atoms. The predicted molar refractivity (Wildman–Crippen MR) is 62.9 cm³/mol. The van der Waals surface area contributed by atoms with Gasteiger partial charge in [0.25, 0.3) is 0 Å². The minimum Gasteiger partial charge on any atom is -0.387 e. The number of nitrogens with one attached hydrogen (secondary N) is 1. The van der Waals surface area contributed by atoms with Gasteiger partial charge >= 0.3 is 15.2 Å². The molecule has 104 valence electrons. The second kappa shape index (κ2) is 5.67. The fourth-order valence-electron chi connectivity index (χ4n) is 1.55. The van der Waals surface area contributed by atoms with Gasteiger partial charge < -0.3 is 29.7 Å². The van der Waals surface area contributed by atoms with Crippen LogP contribution in [0.25, 0.3) is 0 Å². The Labute approximate surface area is 103 Å². The molecule has 6 N–H and O–H groups in total. The van der Waals surface area contributed by atoms with Crippen molar-refractivity contribution in [2.24, 2.45) is 0 Å². The molecule has 0 aliphatic rings. The molecule has 1 aromatic rings. The van der Waals surface area contributed by atoms with Crippen LogP contribution in [0.2, 0.25) is 0 Å². The van der Waals surface area contributed by atoms with E-state index in [4.69, 9.17) is 19.6 Å². The zero-order valence-electron chi connectivity index (χ0n) is 9.25. The summed E-state index contributed by atoms with van der Waals surface area (Å²) in [6.45, 7) is 0. The lowest BCUT2D eigenvalue weighted by molar-refractivity contribution is 0.160. The van der Waals surface area contributed by atoms with Crippen molar-refractivity contribution in [3.05, 3.63) is 24.0 Å². The highest BCUT2D eigenvalue weighted by atomic mass is 31.2. The Morgan fingerprint density at radius 2 is 1.67 bits per heavy atom. The molecule has 0 spiro atoms. The Bertz CT molecular complexity index is 440. The van der Waals surface area contributed by atoms with Gasteiger partial charge in [0.05, 0.1) is 6.10 Å². The molecule has 10 heteroatoms. The average molecular weight is 299 g/mol. The van der Waals surface area contributed by atoms with Gasteiger partial charge in [-0.25, -0.2) is 0 Å². The van der Waals surface area contributed by atoms with Crippen LogP contribution >= 0.6 is 15.2 Å². The first kappa shape index (κ1) is 15.6. The van der Waals surface area contributed by atoms with E-state index in [1.165, 1.54) is 0 Å². The summed E-state index contributed by atoms with van der Waals surface area (Å²) in [5, 5.41) is 7.58. The lowest BCUT2D eigenvalue weighted by atomic mass is 10.1. The number of H-pyrrole nitrogens is 1. The van der Waals surface area contributed by atoms with Gasteiger partial charge in [0.1, 0.15) is 0 Å². The van der Waals surface area contributed by atoms with Gasteiger partial charge in [0, 0.05) is 11.9 Å². The fourth-order valence-corrected chi connectivity index (χ4v) is 4.08. The van der Waals surface area contributed by atoms with Crippen LogP contribution in [-0.4, -0.2) is 35.1 Å². The van der Waals surface area contributed by atoms with Gasteiger partial charge in [-0.15, -0.1) is 0 Å². The molecule has 0 amide bonds. The molecule has 1 aromatic heterocycles. The van der Waals surface area contributed by atoms with E-state index in [0.717, 1.165) is 0 Å². The van der Waals surface area contributed by atoms with E-state index < -0.39 is 33.1 Å². The summed E-state index contributed by atoms with van der Waals surface area (Å²) < 4.78 is 22.0. The van der Waals surface area contributed by atoms with Crippen LogP contribution in [0.5, 0.6) is 0 Å². The lowest BCUT2D eigenvalue weighted by Crippen LogP contribution is -2.11. The molecule has 8 nitrogen and oxygen atoms in total. The van der Waals surface area contributed by atoms with E-state index in [0.29, 0.717) is 5.69 Å². The van der Waals surface area contributed by atoms with Crippen molar-refractivity contribution < 1.29 is 33.8 Å². The molecule has 0 saturated heterocycles. The van der Waals surface area contributed by atoms with Crippen LogP contribution in [0, 0.1) is 0 Å². The maximum absolute atomic E-state index is 11.0. The summed E-state index contributed by atoms with van der Waals surface area (Å²) in [4.78, 5) is 38.2. The lowest BCUT2D eigenvalue weighted by Gasteiger charge is -2.20. The number of aromatic amines is 1. The monoisotopic (exact) mass is 299 g/mol. The minimum absolute atomic E-state index is 0.165. The van der Waals surface area contributed by atoms with Crippen LogP contribution in [0.3, 0.4) is 0 Å². The van der Waals surface area contributed by atoms with E-state index in [9.17, 15) is 14.2 Å². The number of hydrogen-bond donors (Lipinski definition) is 6. The molecular formula is C8H15NO7P2. The average Bonchev–Trinajstić information content (AvgIpc) is 2.65. The van der Waals surface area contributed by atoms with Crippen molar-refractivity contribution >= 4 is 15.2 Å². The van der Waals surface area contributed by atoms with Gasteiger partial charge in [-0.3, -0.25) is 9.13 Å². The van der Waals surface area contributed by atoms with Crippen molar-refractivity contribution in [1.29, 1.82) is 0 Å². The van der Waals surface area contributed by atoms with Gasteiger partial charge in [0.2, 0.25) is 0 Å². The molecule has 0 radical (unpaired) electrons. The van der Waals surface area contributed by atoms with E-state index >= 15 is 0 Å². The smallest absolute Gasteiger partial charge is 0.340 e. The molecule has 1 rings (SSSR count). The Morgan fingerprint density at radius 1 is 1.11 bits per heavy atom. The largest absolute Gasteiger partial charge is 0.387 e. The third kappa shape index (κ3) is 4.33. The molecule has 0 saturated carbocycles. The summed E-state index contributed by atoms with van der Waals surface area (Å²) >= 11 is 0. The van der Waals surface area contributed by atoms with Gasteiger partial charge in [-0.1, -0.05) is 0 Å². The first-order chi connectivity index (χ1) is 8.12. The Balaban J connectivity index is 2.70. The third-order valence-corrected chi connectivity index (χ3v) is 6.33. The van der Waals surface area contributed by atoms with E-state index in [2.05, 4.69) is 4.98 Å². The van der Waals surface area contributed by atoms with E-state index in [-0.39, 0.29) is 6.42 Å². The van der Waals surface area contributed by atoms with Crippen molar-refractivity contribution in [2.45, 2.75) is 24.3 Å². The maximum Gasteiger partial charge on any atom is 0.340 e. The number of aliphatic hydroxyl groups excluding tert-OH is 1. The number of aliphatic hydroxyl groups is 1. The van der Waals surface area contributed by atoms with Crippen molar-refractivity contribution in [2.75, 3.05) is 0 Å². The highest BCUT2D eigenvalue weighted by Crippen LogP contribution is 2.61. The second-order valence-electron chi connectivity index (χ2n) is 3.88. The molecule has 0 bridgehead atoms. The van der Waals surface area contributed by atoms with Crippen molar-refractivity contribution in [3.63, 3.8) is 0 Å². The molecule has 1 heterocycles. The number of rotatable bonds is 6. The first-order valence-corrected chi connectivity index (χ1v) is 8.40. The topological polar surface area (TPSA) is 151 Å². The van der Waals surface area contributed by atoms with Crippen LogP contribution in [0.15, 0.2) is 18.3 Å². The number of aromatic nitrogens is 1. The van der Waals surface area contributed by atoms with Crippen molar-refractivity contribution in [1.82, 2.24) is 4.98 Å². The zero-order valence-corrected chi connectivity index (χ0v) is 11.0. The van der Waals surface area contributed by atoms with Crippen LogP contribution < -0.4 is 0 Å². The number of hydrogen-bond acceptors (Lipinski definition) is 3. The van der Waals surface area contributed by atoms with Gasteiger partial charge in [-0.05, 0) is 25.0 Å². The van der Waals surface area contributed by atoms with Crippen LogP contribution in [0.4, 0.5) is 0 Å². The quantitative estimate of drug-likeness (QED) is 0.419. The fraction of sp³-hybridized carbons (Fsp3) is 0.500. The second-order valence-corrected chi connectivity index (χ2v) is 7.89.